The van der Waals surface area contributed by atoms with Crippen LogP contribution in [0, 0.1) is 12.7 Å². The van der Waals surface area contributed by atoms with Crippen molar-refractivity contribution in [1.82, 2.24) is 15.0 Å². The first kappa shape index (κ1) is 18.3. The average Bonchev–Trinajstić information content (AvgIpc) is 3.01. The van der Waals surface area contributed by atoms with Crippen molar-refractivity contribution in [3.05, 3.63) is 46.4 Å². The third-order valence-corrected chi connectivity index (χ3v) is 4.32. The molecule has 2 amide bonds. The molecule has 1 saturated heterocycles. The van der Waals surface area contributed by atoms with E-state index in [-0.39, 0.29) is 18.0 Å². The van der Waals surface area contributed by atoms with Crippen LogP contribution in [0.5, 0.6) is 0 Å². The molecule has 9 heteroatoms. The molecule has 2 aromatic rings. The largest absolute Gasteiger partial charge is 0.360 e. The quantitative estimate of drug-likeness (QED) is 0.879. The van der Waals surface area contributed by atoms with Gasteiger partial charge in [-0.3, -0.25) is 14.5 Å². The van der Waals surface area contributed by atoms with Crippen LogP contribution in [-0.2, 0) is 4.79 Å². The van der Waals surface area contributed by atoms with Gasteiger partial charge in [0, 0.05) is 37.3 Å². The third-order valence-electron chi connectivity index (χ3n) is 4.08. The molecule has 0 bridgehead atoms. The lowest BCUT2D eigenvalue weighted by atomic mass is 10.1. The van der Waals surface area contributed by atoms with Gasteiger partial charge in [-0.25, -0.2) is 4.39 Å². The Hall–Kier alpha value is -2.45. The maximum atomic E-state index is 13.8. The van der Waals surface area contributed by atoms with Crippen LogP contribution in [0.15, 0.2) is 28.8 Å². The Bertz CT molecular complexity index is 818. The maximum absolute atomic E-state index is 13.8. The molecule has 7 nitrogen and oxygen atoms in total. The van der Waals surface area contributed by atoms with Crippen molar-refractivity contribution in [1.29, 1.82) is 0 Å². The Balaban J connectivity index is 1.51. The normalized spacial score (nSPS) is 15.1. The highest BCUT2D eigenvalue weighted by Crippen LogP contribution is 2.18. The third kappa shape index (κ3) is 4.39. The van der Waals surface area contributed by atoms with Gasteiger partial charge in [0.05, 0.1) is 12.1 Å². The number of amides is 2. The first-order chi connectivity index (χ1) is 12.4. The number of piperazine rings is 1. The van der Waals surface area contributed by atoms with Crippen molar-refractivity contribution in [3.8, 4) is 0 Å². The van der Waals surface area contributed by atoms with E-state index in [0.29, 0.717) is 42.8 Å². The minimum atomic E-state index is -0.593. The predicted octanol–water partition coefficient (Wildman–Crippen LogP) is 2.17. The van der Waals surface area contributed by atoms with E-state index in [0.717, 1.165) is 0 Å². The van der Waals surface area contributed by atoms with E-state index in [9.17, 15) is 14.0 Å². The van der Waals surface area contributed by atoms with E-state index in [1.165, 1.54) is 18.2 Å². The van der Waals surface area contributed by atoms with Gasteiger partial charge in [0.15, 0.2) is 5.82 Å². The lowest BCUT2D eigenvalue weighted by Gasteiger charge is -2.34. The molecule has 0 radical (unpaired) electrons. The molecule has 1 aromatic heterocycles. The minimum Gasteiger partial charge on any atom is -0.360 e. The fourth-order valence-electron chi connectivity index (χ4n) is 2.75. The second-order valence-electron chi connectivity index (χ2n) is 6.06. The number of carbonyl (C=O) groups excluding carboxylic acids is 2. The fraction of sp³-hybridized carbons (Fsp3) is 0.353. The van der Waals surface area contributed by atoms with Gasteiger partial charge in [-0.05, 0) is 25.1 Å². The van der Waals surface area contributed by atoms with E-state index in [1.54, 1.807) is 17.9 Å². The Kier molecular flexibility index (Phi) is 5.53. The molecule has 138 valence electrons. The van der Waals surface area contributed by atoms with Crippen LogP contribution >= 0.6 is 11.6 Å². The summed E-state index contributed by atoms with van der Waals surface area (Å²) in [7, 11) is 0. The maximum Gasteiger partial charge on any atom is 0.256 e. The van der Waals surface area contributed by atoms with E-state index in [1.807, 2.05) is 4.90 Å². The number of benzene rings is 1. The SMILES string of the molecule is Cc1cc(NC(=O)CN2CCN(C(=O)c3cc(Cl)ccc3F)CC2)no1. The van der Waals surface area contributed by atoms with E-state index >= 15 is 0 Å². The van der Waals surface area contributed by atoms with Crippen LogP contribution in [0.3, 0.4) is 0 Å². The van der Waals surface area contributed by atoms with Crippen LogP contribution in [-0.4, -0.2) is 59.5 Å². The molecule has 1 aliphatic rings. The fourth-order valence-corrected chi connectivity index (χ4v) is 2.92. The second kappa shape index (κ2) is 7.84. The van der Waals surface area contributed by atoms with Crippen LogP contribution in [0.4, 0.5) is 10.2 Å². The lowest BCUT2D eigenvalue weighted by molar-refractivity contribution is -0.117. The molecule has 0 saturated carbocycles. The van der Waals surface area contributed by atoms with Crippen molar-refractivity contribution in [2.45, 2.75) is 6.92 Å². The summed E-state index contributed by atoms with van der Waals surface area (Å²) in [4.78, 5) is 28.0. The number of nitrogens with one attached hydrogen (secondary N) is 1. The first-order valence-electron chi connectivity index (χ1n) is 8.12. The summed E-state index contributed by atoms with van der Waals surface area (Å²) in [5, 5.41) is 6.67. The monoisotopic (exact) mass is 380 g/mol. The number of aromatic nitrogens is 1. The minimum absolute atomic E-state index is 0.0369. The highest BCUT2D eigenvalue weighted by atomic mass is 35.5. The zero-order valence-electron chi connectivity index (χ0n) is 14.2. The summed E-state index contributed by atoms with van der Waals surface area (Å²) in [5.74, 6) is -0.214. The smallest absolute Gasteiger partial charge is 0.256 e. The highest BCUT2D eigenvalue weighted by Gasteiger charge is 2.25. The second-order valence-corrected chi connectivity index (χ2v) is 6.50. The van der Waals surface area contributed by atoms with Crippen molar-refractivity contribution >= 4 is 29.2 Å². The number of hydrogen-bond donors (Lipinski definition) is 1. The number of halogens is 2. The molecular weight excluding hydrogens is 363 g/mol. The van der Waals surface area contributed by atoms with Gasteiger partial charge in [0.1, 0.15) is 11.6 Å². The summed E-state index contributed by atoms with van der Waals surface area (Å²) in [6.07, 6.45) is 0. The molecule has 2 heterocycles. The number of aryl methyl sites for hydroxylation is 1. The highest BCUT2D eigenvalue weighted by molar-refractivity contribution is 6.31. The van der Waals surface area contributed by atoms with Crippen LogP contribution in [0.2, 0.25) is 5.02 Å². The van der Waals surface area contributed by atoms with Gasteiger partial charge in [-0.2, -0.15) is 0 Å². The van der Waals surface area contributed by atoms with Crippen LogP contribution in [0.25, 0.3) is 0 Å². The Labute approximate surface area is 154 Å². The van der Waals surface area contributed by atoms with Crippen molar-refractivity contribution in [2.75, 3.05) is 38.0 Å². The molecule has 26 heavy (non-hydrogen) atoms. The number of anilines is 1. The summed E-state index contributed by atoms with van der Waals surface area (Å²) < 4.78 is 18.7. The van der Waals surface area contributed by atoms with Gasteiger partial charge in [-0.1, -0.05) is 16.8 Å². The molecule has 3 rings (SSSR count). The zero-order chi connectivity index (χ0) is 18.7. The number of rotatable bonds is 4. The molecule has 1 aromatic carbocycles. The standard InChI is InChI=1S/C17H18ClFN4O3/c1-11-8-15(21-26-11)20-16(24)10-22-4-6-23(7-5-22)17(25)13-9-12(18)2-3-14(13)19/h2-3,8-9H,4-7,10H2,1H3,(H,20,21,24). The summed E-state index contributed by atoms with van der Waals surface area (Å²) in [5.41, 5.74) is -0.0369. The molecule has 0 atom stereocenters. The van der Waals surface area contributed by atoms with Crippen molar-refractivity contribution < 1.29 is 18.5 Å². The number of hydrogen-bond acceptors (Lipinski definition) is 5. The molecule has 1 aliphatic heterocycles. The van der Waals surface area contributed by atoms with E-state index in [4.69, 9.17) is 16.1 Å². The van der Waals surface area contributed by atoms with E-state index in [2.05, 4.69) is 10.5 Å². The summed E-state index contributed by atoms with van der Waals surface area (Å²) in [6.45, 7) is 3.75. The van der Waals surface area contributed by atoms with Gasteiger partial charge < -0.3 is 14.7 Å². The van der Waals surface area contributed by atoms with Crippen LogP contribution in [0.1, 0.15) is 16.1 Å². The van der Waals surface area contributed by atoms with Crippen molar-refractivity contribution in [2.24, 2.45) is 0 Å². The summed E-state index contributed by atoms with van der Waals surface area (Å²) >= 11 is 5.85. The molecule has 0 unspecified atom stereocenters. The topological polar surface area (TPSA) is 78.7 Å². The molecular formula is C17H18ClFN4O3. The predicted molar refractivity (Wildman–Crippen MR) is 93.6 cm³/mol. The zero-order valence-corrected chi connectivity index (χ0v) is 14.9. The summed E-state index contributed by atoms with van der Waals surface area (Å²) in [6, 6.07) is 5.55. The average molecular weight is 381 g/mol. The molecule has 1 fully saturated rings. The van der Waals surface area contributed by atoms with E-state index < -0.39 is 11.7 Å². The Morgan fingerprint density at radius 1 is 1.27 bits per heavy atom. The number of carbonyl (C=O) groups is 2. The van der Waals surface area contributed by atoms with Gasteiger partial charge in [0.2, 0.25) is 5.91 Å². The molecule has 0 aliphatic carbocycles. The first-order valence-corrected chi connectivity index (χ1v) is 8.50. The van der Waals surface area contributed by atoms with Gasteiger partial charge >= 0.3 is 0 Å². The van der Waals surface area contributed by atoms with Gasteiger partial charge in [0.25, 0.3) is 5.91 Å². The molecule has 1 N–H and O–H groups in total. The molecule has 0 spiro atoms. The van der Waals surface area contributed by atoms with Crippen molar-refractivity contribution in [3.63, 3.8) is 0 Å². The van der Waals surface area contributed by atoms with Crippen LogP contribution < -0.4 is 5.32 Å². The van der Waals surface area contributed by atoms with Gasteiger partial charge in [-0.15, -0.1) is 0 Å². The lowest BCUT2D eigenvalue weighted by Crippen LogP contribution is -2.50. The Morgan fingerprint density at radius 2 is 2.00 bits per heavy atom. The Morgan fingerprint density at radius 3 is 2.65 bits per heavy atom. The number of nitrogens with zero attached hydrogens (tertiary/aromatic N) is 3.